The van der Waals surface area contributed by atoms with E-state index in [1.807, 2.05) is 30.3 Å². The molecule has 4 N–H and O–H groups in total. The van der Waals surface area contributed by atoms with Gasteiger partial charge in [0.25, 0.3) is 0 Å². The van der Waals surface area contributed by atoms with Gasteiger partial charge in [0, 0.05) is 36.0 Å². The summed E-state index contributed by atoms with van der Waals surface area (Å²) in [6.45, 7) is 5.76. The molecule has 0 radical (unpaired) electrons. The molecule has 0 saturated heterocycles. The second-order valence-corrected chi connectivity index (χ2v) is 12.7. The minimum absolute atomic E-state index is 0.0720. The molecular weight excluding hydrogens is 520 g/mol. The summed E-state index contributed by atoms with van der Waals surface area (Å²) < 4.78 is 0. The molecule has 1 spiro atoms. The fraction of sp³-hybridized carbons (Fsp3) is 0.472. The Hall–Kier alpha value is -3.35. The molecule has 2 heterocycles. The number of benzene rings is 3. The van der Waals surface area contributed by atoms with Crippen molar-refractivity contribution in [1.29, 1.82) is 0 Å². The highest BCUT2D eigenvalue weighted by molar-refractivity contribution is 5.82. The largest absolute Gasteiger partial charge is 0.389 e. The Kier molecular flexibility index (Phi) is 8.55. The van der Waals surface area contributed by atoms with Crippen LogP contribution in [0.4, 0.5) is 11.4 Å². The molecule has 6 heteroatoms. The number of amides is 1. The summed E-state index contributed by atoms with van der Waals surface area (Å²) in [5.41, 5.74) is 8.45. The van der Waals surface area contributed by atoms with Crippen LogP contribution >= 0.6 is 0 Å². The molecule has 1 saturated carbocycles. The number of hydrogen-bond donors (Lipinski definition) is 4. The average molecular weight is 567 g/mol. The topological polar surface area (TPSA) is 76.6 Å². The molecule has 0 bridgehead atoms. The van der Waals surface area contributed by atoms with E-state index in [-0.39, 0.29) is 24.0 Å². The third-order valence-corrected chi connectivity index (χ3v) is 9.73. The van der Waals surface area contributed by atoms with Crippen molar-refractivity contribution in [3.63, 3.8) is 0 Å². The minimum atomic E-state index is -0.780. The van der Waals surface area contributed by atoms with E-state index in [0.29, 0.717) is 6.54 Å². The van der Waals surface area contributed by atoms with Crippen LogP contribution in [0, 0.1) is 6.92 Å². The van der Waals surface area contributed by atoms with Gasteiger partial charge in [-0.15, -0.1) is 0 Å². The molecule has 6 rings (SSSR count). The fourth-order valence-electron chi connectivity index (χ4n) is 7.33. The van der Waals surface area contributed by atoms with Crippen molar-refractivity contribution in [1.82, 2.24) is 10.6 Å². The van der Waals surface area contributed by atoms with Crippen LogP contribution in [0.25, 0.3) is 0 Å². The zero-order valence-corrected chi connectivity index (χ0v) is 25.2. The number of carbonyl (C=O) groups is 1. The maximum absolute atomic E-state index is 13.4. The van der Waals surface area contributed by atoms with Gasteiger partial charge < -0.3 is 26.0 Å². The van der Waals surface area contributed by atoms with Gasteiger partial charge in [-0.05, 0) is 73.4 Å². The van der Waals surface area contributed by atoms with E-state index in [9.17, 15) is 9.90 Å². The van der Waals surface area contributed by atoms with E-state index in [1.165, 1.54) is 54.5 Å². The van der Waals surface area contributed by atoms with Crippen molar-refractivity contribution in [2.45, 2.75) is 88.9 Å². The van der Waals surface area contributed by atoms with Gasteiger partial charge in [0.1, 0.15) is 0 Å². The maximum atomic E-state index is 13.4. The second kappa shape index (κ2) is 12.5. The number of rotatable bonds is 9. The SMILES string of the molecule is CCc1ccc2c(c1)[C@H](NC[C@@H](O)[C@@H](NC(=O)CN1CCc3ccccc31)c1ccc(C)cc1)CC1(CCCCC1)N2. The van der Waals surface area contributed by atoms with Gasteiger partial charge in [0.15, 0.2) is 0 Å². The number of carbonyl (C=O) groups excluding carboxylic acids is 1. The number of para-hydroxylation sites is 1. The third kappa shape index (κ3) is 6.20. The van der Waals surface area contributed by atoms with Crippen molar-refractivity contribution in [3.05, 3.63) is 94.5 Å². The first-order chi connectivity index (χ1) is 20.4. The van der Waals surface area contributed by atoms with Crippen LogP contribution in [-0.2, 0) is 17.6 Å². The smallest absolute Gasteiger partial charge is 0.240 e. The fourth-order valence-corrected chi connectivity index (χ4v) is 7.33. The number of nitrogens with one attached hydrogen (secondary N) is 3. The number of anilines is 2. The summed E-state index contributed by atoms with van der Waals surface area (Å²) in [4.78, 5) is 15.6. The van der Waals surface area contributed by atoms with Crippen LogP contribution in [0.2, 0.25) is 0 Å². The Morgan fingerprint density at radius 3 is 2.64 bits per heavy atom. The lowest BCUT2D eigenvalue weighted by atomic mass is 9.73. The Bertz CT molecular complexity index is 1380. The normalized spacial score (nSPS) is 20.4. The molecule has 3 aromatic rings. The lowest BCUT2D eigenvalue weighted by Crippen LogP contribution is -2.49. The van der Waals surface area contributed by atoms with E-state index < -0.39 is 12.1 Å². The Morgan fingerprint density at radius 2 is 1.86 bits per heavy atom. The maximum Gasteiger partial charge on any atom is 0.240 e. The van der Waals surface area contributed by atoms with Gasteiger partial charge in [-0.3, -0.25) is 4.79 Å². The van der Waals surface area contributed by atoms with Crippen molar-refractivity contribution in [2.24, 2.45) is 0 Å². The Labute approximate surface area is 250 Å². The van der Waals surface area contributed by atoms with Crippen molar-refractivity contribution >= 4 is 17.3 Å². The Balaban J connectivity index is 1.19. The molecule has 222 valence electrons. The van der Waals surface area contributed by atoms with E-state index >= 15 is 0 Å². The quantitative estimate of drug-likeness (QED) is 0.256. The molecule has 0 unspecified atom stereocenters. The minimum Gasteiger partial charge on any atom is -0.389 e. The van der Waals surface area contributed by atoms with Crippen LogP contribution in [0.15, 0.2) is 66.7 Å². The standard InChI is InChI=1S/C36H46N4O2/c1-3-26-13-16-30-29(21-26)31(22-36(39-30)18-7-4-8-19-36)37-23-33(41)35(28-14-11-25(2)12-15-28)38-34(42)24-40-20-17-27-9-5-6-10-32(27)40/h5-6,9-16,21,31,33,35,37,39,41H,3-4,7-8,17-20,22-24H2,1-2H3,(H,38,42)/t31-,33-,35+/m1/s1. The molecule has 42 heavy (non-hydrogen) atoms. The van der Waals surface area contributed by atoms with Crippen LogP contribution in [0.5, 0.6) is 0 Å². The van der Waals surface area contributed by atoms with E-state index in [2.05, 4.69) is 71.1 Å². The molecule has 3 atom stereocenters. The molecule has 3 aromatic carbocycles. The molecule has 1 aliphatic carbocycles. The van der Waals surface area contributed by atoms with E-state index in [4.69, 9.17) is 0 Å². The summed E-state index contributed by atoms with van der Waals surface area (Å²) in [5.74, 6) is -0.0720. The first-order valence-corrected chi connectivity index (χ1v) is 15.9. The number of aliphatic hydroxyl groups excluding tert-OH is 1. The van der Waals surface area contributed by atoms with Crippen molar-refractivity contribution in [3.8, 4) is 0 Å². The third-order valence-electron chi connectivity index (χ3n) is 9.73. The summed E-state index contributed by atoms with van der Waals surface area (Å²) >= 11 is 0. The highest BCUT2D eigenvalue weighted by atomic mass is 16.3. The predicted molar refractivity (Wildman–Crippen MR) is 171 cm³/mol. The lowest BCUT2D eigenvalue weighted by molar-refractivity contribution is -0.121. The summed E-state index contributed by atoms with van der Waals surface area (Å²) in [6, 6.07) is 22.9. The molecule has 0 aromatic heterocycles. The monoisotopic (exact) mass is 566 g/mol. The zero-order chi connectivity index (χ0) is 29.1. The summed E-state index contributed by atoms with van der Waals surface area (Å²) in [5, 5.41) is 22.6. The zero-order valence-electron chi connectivity index (χ0n) is 25.2. The molecule has 1 fully saturated rings. The number of hydrogen-bond acceptors (Lipinski definition) is 5. The van der Waals surface area contributed by atoms with Gasteiger partial charge in [-0.1, -0.05) is 86.3 Å². The molecular formula is C36H46N4O2. The van der Waals surface area contributed by atoms with Gasteiger partial charge in [0.2, 0.25) is 5.91 Å². The van der Waals surface area contributed by atoms with Gasteiger partial charge in [0.05, 0.1) is 18.7 Å². The van der Waals surface area contributed by atoms with Gasteiger partial charge >= 0.3 is 0 Å². The van der Waals surface area contributed by atoms with Crippen LogP contribution < -0.4 is 20.9 Å². The summed E-state index contributed by atoms with van der Waals surface area (Å²) in [6.07, 6.45) is 8.37. The summed E-state index contributed by atoms with van der Waals surface area (Å²) in [7, 11) is 0. The number of nitrogens with zero attached hydrogens (tertiary/aromatic N) is 1. The first-order valence-electron chi connectivity index (χ1n) is 15.9. The molecule has 6 nitrogen and oxygen atoms in total. The van der Waals surface area contributed by atoms with Crippen molar-refractivity contribution in [2.75, 3.05) is 29.9 Å². The van der Waals surface area contributed by atoms with Crippen LogP contribution in [0.1, 0.15) is 85.3 Å². The number of aryl methyl sites for hydroxylation is 2. The first kappa shape index (κ1) is 28.8. The lowest BCUT2D eigenvalue weighted by Gasteiger charge is -2.46. The highest BCUT2D eigenvalue weighted by Gasteiger charge is 2.40. The Morgan fingerprint density at radius 1 is 1.07 bits per heavy atom. The van der Waals surface area contributed by atoms with Gasteiger partial charge in [-0.2, -0.15) is 0 Å². The van der Waals surface area contributed by atoms with E-state index in [1.54, 1.807) is 0 Å². The number of fused-ring (bicyclic) bond motifs is 2. The highest BCUT2D eigenvalue weighted by Crippen LogP contribution is 2.45. The van der Waals surface area contributed by atoms with Crippen LogP contribution in [-0.4, -0.2) is 42.3 Å². The van der Waals surface area contributed by atoms with Crippen LogP contribution in [0.3, 0.4) is 0 Å². The second-order valence-electron chi connectivity index (χ2n) is 12.7. The van der Waals surface area contributed by atoms with Gasteiger partial charge in [-0.25, -0.2) is 0 Å². The molecule has 1 amide bonds. The molecule has 2 aliphatic heterocycles. The van der Waals surface area contributed by atoms with Crippen molar-refractivity contribution < 1.29 is 9.90 Å². The predicted octanol–water partition coefficient (Wildman–Crippen LogP) is 5.99. The number of aliphatic hydroxyl groups is 1. The van der Waals surface area contributed by atoms with E-state index in [0.717, 1.165) is 42.6 Å². The molecule has 3 aliphatic rings. The average Bonchev–Trinajstić information content (AvgIpc) is 3.41.